The summed E-state index contributed by atoms with van der Waals surface area (Å²) in [4.78, 5) is 12.2. The molecule has 0 amide bonds. The fourth-order valence-corrected chi connectivity index (χ4v) is 5.33. The summed E-state index contributed by atoms with van der Waals surface area (Å²) in [6.07, 6.45) is 4.87. The molecule has 3 aliphatic rings. The second-order valence-corrected chi connectivity index (χ2v) is 7.52. The highest BCUT2D eigenvalue weighted by Gasteiger charge is 2.70. The van der Waals surface area contributed by atoms with Crippen LogP contribution in [0.15, 0.2) is 0 Å². The van der Waals surface area contributed by atoms with Gasteiger partial charge in [-0.1, -0.05) is 40.5 Å². The molecule has 0 aromatic carbocycles. The number of carbonyl (C=O) groups is 1. The quantitative estimate of drug-likeness (QED) is 0.608. The maximum Gasteiger partial charge on any atom is 0.137 e. The number of rotatable bonds is 0. The first-order chi connectivity index (χ1) is 7.38. The van der Waals surface area contributed by atoms with E-state index in [1.165, 1.54) is 19.3 Å². The zero-order chi connectivity index (χ0) is 11.7. The van der Waals surface area contributed by atoms with Crippen LogP contribution in [0.4, 0.5) is 0 Å². The van der Waals surface area contributed by atoms with Crippen molar-refractivity contribution in [3.63, 3.8) is 0 Å². The van der Waals surface area contributed by atoms with Gasteiger partial charge in [0.1, 0.15) is 5.78 Å². The Morgan fingerprint density at radius 2 is 1.88 bits per heavy atom. The van der Waals surface area contributed by atoms with Gasteiger partial charge < -0.3 is 0 Å². The zero-order valence-corrected chi connectivity index (χ0v) is 11.0. The highest BCUT2D eigenvalue weighted by atomic mass is 16.1. The third-order valence-corrected chi connectivity index (χ3v) is 6.05. The topological polar surface area (TPSA) is 17.1 Å². The molecule has 16 heavy (non-hydrogen) atoms. The van der Waals surface area contributed by atoms with E-state index in [4.69, 9.17) is 0 Å². The van der Waals surface area contributed by atoms with Gasteiger partial charge >= 0.3 is 0 Å². The SMILES string of the molecule is C[C@@H]1CCC[C@@]2(C)CC(=O)[C@@H]3[C@H]([C@H]12)C3(C)C. The molecule has 5 atom stereocenters. The van der Waals surface area contributed by atoms with Crippen LogP contribution in [0.25, 0.3) is 0 Å². The van der Waals surface area contributed by atoms with E-state index in [0.29, 0.717) is 28.4 Å². The van der Waals surface area contributed by atoms with E-state index in [2.05, 4.69) is 27.7 Å². The lowest BCUT2D eigenvalue weighted by atomic mass is 9.56. The molecule has 0 aromatic heterocycles. The second kappa shape index (κ2) is 2.91. The molecule has 0 bridgehead atoms. The number of hydrogen-bond donors (Lipinski definition) is 0. The lowest BCUT2D eigenvalue weighted by Gasteiger charge is -2.48. The number of hydrogen-bond acceptors (Lipinski definition) is 1. The third kappa shape index (κ3) is 1.15. The Morgan fingerprint density at radius 3 is 2.56 bits per heavy atom. The van der Waals surface area contributed by atoms with Crippen molar-refractivity contribution in [2.75, 3.05) is 0 Å². The van der Waals surface area contributed by atoms with E-state index in [1.807, 2.05) is 0 Å². The maximum atomic E-state index is 12.2. The minimum Gasteiger partial charge on any atom is -0.299 e. The van der Waals surface area contributed by atoms with Crippen LogP contribution in [0.2, 0.25) is 0 Å². The predicted octanol–water partition coefficient (Wildman–Crippen LogP) is 3.67. The molecule has 3 saturated carbocycles. The molecule has 0 N–H and O–H groups in total. The van der Waals surface area contributed by atoms with Gasteiger partial charge in [-0.05, 0) is 35.0 Å². The summed E-state index contributed by atoms with van der Waals surface area (Å²) in [5, 5.41) is 0. The van der Waals surface area contributed by atoms with Gasteiger partial charge in [0.05, 0.1) is 0 Å². The maximum absolute atomic E-state index is 12.2. The molecule has 0 spiro atoms. The van der Waals surface area contributed by atoms with Crippen molar-refractivity contribution in [2.45, 2.75) is 53.4 Å². The first kappa shape index (κ1) is 10.8. The van der Waals surface area contributed by atoms with Crippen LogP contribution in [0, 0.1) is 34.5 Å². The average Bonchev–Trinajstić information content (AvgIpc) is 2.68. The Bertz CT molecular complexity index is 343. The summed E-state index contributed by atoms with van der Waals surface area (Å²) in [7, 11) is 0. The van der Waals surface area contributed by atoms with E-state index in [0.717, 1.165) is 18.3 Å². The van der Waals surface area contributed by atoms with Crippen molar-refractivity contribution >= 4 is 5.78 Å². The zero-order valence-electron chi connectivity index (χ0n) is 11.0. The summed E-state index contributed by atoms with van der Waals surface area (Å²) >= 11 is 0. The van der Waals surface area contributed by atoms with Crippen molar-refractivity contribution in [1.82, 2.24) is 0 Å². The first-order valence-corrected chi connectivity index (χ1v) is 6.91. The van der Waals surface area contributed by atoms with Crippen LogP contribution in [-0.4, -0.2) is 5.78 Å². The number of fused-ring (bicyclic) bond motifs is 3. The predicted molar refractivity (Wildman–Crippen MR) is 65.0 cm³/mol. The molecule has 90 valence electrons. The van der Waals surface area contributed by atoms with Gasteiger partial charge in [-0.25, -0.2) is 0 Å². The van der Waals surface area contributed by atoms with E-state index >= 15 is 0 Å². The molecule has 0 radical (unpaired) electrons. The van der Waals surface area contributed by atoms with E-state index in [1.54, 1.807) is 0 Å². The summed E-state index contributed by atoms with van der Waals surface area (Å²) in [5.74, 6) is 3.34. The summed E-state index contributed by atoms with van der Waals surface area (Å²) in [6.45, 7) is 9.43. The number of carbonyl (C=O) groups excluding carboxylic acids is 1. The van der Waals surface area contributed by atoms with Crippen LogP contribution in [-0.2, 0) is 4.79 Å². The minimum absolute atomic E-state index is 0.311. The van der Waals surface area contributed by atoms with Crippen molar-refractivity contribution in [3.8, 4) is 0 Å². The van der Waals surface area contributed by atoms with Crippen molar-refractivity contribution < 1.29 is 4.79 Å². The van der Waals surface area contributed by atoms with Gasteiger partial charge in [0.2, 0.25) is 0 Å². The smallest absolute Gasteiger partial charge is 0.137 e. The molecule has 0 saturated heterocycles. The second-order valence-electron chi connectivity index (χ2n) is 7.52. The largest absolute Gasteiger partial charge is 0.299 e. The lowest BCUT2D eigenvalue weighted by molar-refractivity contribution is -0.129. The molecule has 3 aliphatic carbocycles. The number of Topliss-reactive ketones (excluding diaryl/α,β-unsaturated/α-hetero) is 1. The fourth-order valence-electron chi connectivity index (χ4n) is 5.33. The molecule has 1 heteroatoms. The van der Waals surface area contributed by atoms with Gasteiger partial charge in [-0.15, -0.1) is 0 Å². The Balaban J connectivity index is 1.98. The van der Waals surface area contributed by atoms with Crippen LogP contribution in [0.1, 0.15) is 53.4 Å². The Hall–Kier alpha value is -0.330. The Kier molecular flexibility index (Phi) is 1.97. The Morgan fingerprint density at radius 1 is 1.19 bits per heavy atom. The van der Waals surface area contributed by atoms with E-state index in [9.17, 15) is 4.79 Å². The molecular weight excluding hydrogens is 196 g/mol. The van der Waals surface area contributed by atoms with Gasteiger partial charge in [0.15, 0.2) is 0 Å². The standard InChI is InChI=1S/C15H24O/c1-9-6-5-7-15(4)8-10(16)12-13(11(9)15)14(12,2)3/h9,11-13H,5-8H2,1-4H3/t9-,11+,12-,13+,15+/m1/s1. The summed E-state index contributed by atoms with van der Waals surface area (Å²) in [6, 6.07) is 0. The van der Waals surface area contributed by atoms with Gasteiger partial charge in [-0.2, -0.15) is 0 Å². The molecule has 3 rings (SSSR count). The van der Waals surface area contributed by atoms with Crippen LogP contribution < -0.4 is 0 Å². The van der Waals surface area contributed by atoms with E-state index in [-0.39, 0.29) is 0 Å². The fraction of sp³-hybridized carbons (Fsp3) is 0.933. The van der Waals surface area contributed by atoms with Gasteiger partial charge in [0, 0.05) is 12.3 Å². The lowest BCUT2D eigenvalue weighted by Crippen LogP contribution is -2.43. The normalized spacial score (nSPS) is 54.1. The average molecular weight is 220 g/mol. The molecule has 3 fully saturated rings. The van der Waals surface area contributed by atoms with Crippen molar-refractivity contribution in [2.24, 2.45) is 34.5 Å². The van der Waals surface area contributed by atoms with E-state index < -0.39 is 0 Å². The molecule has 0 aliphatic heterocycles. The van der Waals surface area contributed by atoms with Gasteiger partial charge in [0.25, 0.3) is 0 Å². The number of ketones is 1. The van der Waals surface area contributed by atoms with Crippen molar-refractivity contribution in [1.29, 1.82) is 0 Å². The first-order valence-electron chi connectivity index (χ1n) is 6.91. The molecule has 0 aromatic rings. The Labute approximate surface area is 99.0 Å². The minimum atomic E-state index is 0.311. The van der Waals surface area contributed by atoms with Crippen LogP contribution >= 0.6 is 0 Å². The molecule has 0 heterocycles. The summed E-state index contributed by atoms with van der Waals surface area (Å²) in [5.41, 5.74) is 0.648. The molecule has 0 unspecified atom stereocenters. The van der Waals surface area contributed by atoms with Crippen LogP contribution in [0.5, 0.6) is 0 Å². The highest BCUT2D eigenvalue weighted by molar-refractivity contribution is 5.87. The molecule has 1 nitrogen and oxygen atoms in total. The highest BCUT2D eigenvalue weighted by Crippen LogP contribution is 2.72. The molecular formula is C15H24O. The summed E-state index contributed by atoms with van der Waals surface area (Å²) < 4.78 is 0. The third-order valence-electron chi connectivity index (χ3n) is 6.05. The monoisotopic (exact) mass is 220 g/mol. The van der Waals surface area contributed by atoms with Crippen LogP contribution in [0.3, 0.4) is 0 Å². The van der Waals surface area contributed by atoms with Gasteiger partial charge in [-0.3, -0.25) is 4.79 Å². The van der Waals surface area contributed by atoms with Crippen molar-refractivity contribution in [3.05, 3.63) is 0 Å².